The number of carbonyl (C=O) groups excluding carboxylic acids is 2. The van der Waals surface area contributed by atoms with E-state index in [9.17, 15) is 31.5 Å². The van der Waals surface area contributed by atoms with Crippen LogP contribution in [0, 0.1) is 11.3 Å². The number of carbonyl (C=O) groups is 2. The summed E-state index contributed by atoms with van der Waals surface area (Å²) in [5.74, 6) is -5.17. The summed E-state index contributed by atoms with van der Waals surface area (Å²) in [4.78, 5) is 29.1. The number of pyridine rings is 1. The molecular weight excluding hydrogens is 451 g/mol. The Morgan fingerprint density at radius 2 is 1.94 bits per heavy atom. The minimum absolute atomic E-state index is 0.122. The van der Waals surface area contributed by atoms with Crippen molar-refractivity contribution in [2.45, 2.75) is 18.3 Å². The molecule has 0 bridgehead atoms. The third-order valence-electron chi connectivity index (χ3n) is 4.60. The smallest absolute Gasteiger partial charge is 0.406 e. The van der Waals surface area contributed by atoms with Gasteiger partial charge in [0.05, 0.1) is 19.2 Å². The molecule has 1 aromatic heterocycles. The van der Waals surface area contributed by atoms with Crippen LogP contribution in [0.1, 0.15) is 21.5 Å². The molecule has 1 unspecified atom stereocenters. The fraction of sp³-hybridized carbons (Fsp3) is 0.238. The lowest BCUT2D eigenvalue weighted by atomic mass is 9.99. The zero-order valence-corrected chi connectivity index (χ0v) is 16.6. The number of hydrogen-bond donors (Lipinski definition) is 1. The number of aromatic nitrogens is 1. The maximum Gasteiger partial charge on any atom is 0.573 e. The molecule has 0 radical (unpaired) electrons. The largest absolute Gasteiger partial charge is 0.573 e. The van der Waals surface area contributed by atoms with Crippen LogP contribution in [0.3, 0.4) is 0 Å². The Bertz CT molecular complexity index is 1110. The van der Waals surface area contributed by atoms with E-state index in [1.54, 1.807) is 0 Å². The Hall–Kier alpha value is -4.01. The average molecular weight is 466 g/mol. The van der Waals surface area contributed by atoms with E-state index in [1.165, 1.54) is 48.8 Å². The molecular formula is C21H15F5N4O3. The van der Waals surface area contributed by atoms with Crippen molar-refractivity contribution in [3.8, 4) is 11.8 Å². The van der Waals surface area contributed by atoms with Gasteiger partial charge in [-0.1, -0.05) is 24.3 Å². The first-order valence-electron chi connectivity index (χ1n) is 9.33. The number of likely N-dealkylation sites (tertiary alicyclic amines) is 1. The van der Waals surface area contributed by atoms with Gasteiger partial charge in [-0.3, -0.25) is 14.6 Å². The van der Waals surface area contributed by atoms with Crippen LogP contribution in [-0.4, -0.2) is 53.1 Å². The van der Waals surface area contributed by atoms with Gasteiger partial charge >= 0.3 is 6.36 Å². The number of nitriles is 1. The Kier molecular flexibility index (Phi) is 6.62. The molecule has 12 heteroatoms. The van der Waals surface area contributed by atoms with Crippen molar-refractivity contribution in [2.75, 3.05) is 13.1 Å². The molecule has 1 N–H and O–H groups in total. The summed E-state index contributed by atoms with van der Waals surface area (Å²) in [6.07, 6.45) is 0.902. The number of ether oxygens (including phenoxy) is 1. The van der Waals surface area contributed by atoms with Gasteiger partial charge in [-0.05, 0) is 23.8 Å². The molecule has 0 saturated carbocycles. The fourth-order valence-electron chi connectivity index (χ4n) is 2.98. The molecule has 1 saturated heterocycles. The first-order chi connectivity index (χ1) is 15.5. The third-order valence-corrected chi connectivity index (χ3v) is 4.60. The molecule has 0 spiro atoms. The predicted octanol–water partition coefficient (Wildman–Crippen LogP) is 3.25. The third kappa shape index (κ3) is 5.82. The SMILES string of the molecule is N#CC1N(C(=O)CNC(=O)c2ccncc2/C=C/c2ccc(OC(F)(F)F)cc2)CC1(F)F. The number of rotatable bonds is 6. The van der Waals surface area contributed by atoms with E-state index >= 15 is 0 Å². The number of hydrogen-bond acceptors (Lipinski definition) is 5. The summed E-state index contributed by atoms with van der Waals surface area (Å²) in [5.41, 5.74) is 0.969. The fourth-order valence-corrected chi connectivity index (χ4v) is 2.98. The highest BCUT2D eigenvalue weighted by Crippen LogP contribution is 2.34. The van der Waals surface area contributed by atoms with E-state index in [0.29, 0.717) is 16.0 Å². The lowest BCUT2D eigenvalue weighted by Crippen LogP contribution is -2.67. The van der Waals surface area contributed by atoms with Gasteiger partial charge < -0.3 is 15.0 Å². The van der Waals surface area contributed by atoms with Crippen molar-refractivity contribution in [3.05, 3.63) is 59.4 Å². The second-order valence-electron chi connectivity index (χ2n) is 6.91. The summed E-state index contributed by atoms with van der Waals surface area (Å²) < 4.78 is 67.0. The minimum atomic E-state index is -4.80. The lowest BCUT2D eigenvalue weighted by molar-refractivity contribution is -0.274. The Balaban J connectivity index is 1.63. The van der Waals surface area contributed by atoms with Gasteiger partial charge in [0.1, 0.15) is 5.75 Å². The molecule has 2 heterocycles. The molecule has 2 amide bonds. The van der Waals surface area contributed by atoms with Crippen molar-refractivity contribution in [1.82, 2.24) is 15.2 Å². The van der Waals surface area contributed by atoms with Gasteiger partial charge in [0.15, 0.2) is 6.04 Å². The molecule has 1 aliphatic heterocycles. The number of alkyl halides is 5. The van der Waals surface area contributed by atoms with Gasteiger partial charge in [0, 0.05) is 23.5 Å². The molecule has 33 heavy (non-hydrogen) atoms. The van der Waals surface area contributed by atoms with Gasteiger partial charge in [0.25, 0.3) is 11.8 Å². The van der Waals surface area contributed by atoms with Crippen LogP contribution < -0.4 is 10.1 Å². The first-order valence-corrected chi connectivity index (χ1v) is 9.33. The normalized spacial score (nSPS) is 17.2. The van der Waals surface area contributed by atoms with Crippen LogP contribution in [0.2, 0.25) is 0 Å². The summed E-state index contributed by atoms with van der Waals surface area (Å²) in [5, 5.41) is 11.1. The van der Waals surface area contributed by atoms with E-state index in [4.69, 9.17) is 5.26 Å². The molecule has 0 aliphatic carbocycles. The van der Waals surface area contributed by atoms with Gasteiger partial charge in [-0.15, -0.1) is 13.2 Å². The molecule has 7 nitrogen and oxygen atoms in total. The summed E-state index contributed by atoms with van der Waals surface area (Å²) in [6.45, 7) is -1.48. The van der Waals surface area contributed by atoms with Gasteiger partial charge in [-0.25, -0.2) is 8.78 Å². The van der Waals surface area contributed by atoms with Crippen LogP contribution in [0.25, 0.3) is 12.2 Å². The molecule has 1 fully saturated rings. The number of nitrogens with one attached hydrogen (secondary N) is 1. The van der Waals surface area contributed by atoms with Crippen molar-refractivity contribution in [3.63, 3.8) is 0 Å². The molecule has 1 aliphatic rings. The predicted molar refractivity (Wildman–Crippen MR) is 105 cm³/mol. The maximum absolute atomic E-state index is 13.3. The maximum atomic E-state index is 13.3. The van der Waals surface area contributed by atoms with Crippen molar-refractivity contribution >= 4 is 24.0 Å². The highest BCUT2D eigenvalue weighted by molar-refractivity contribution is 6.00. The number of amides is 2. The number of nitrogens with zero attached hydrogens (tertiary/aromatic N) is 3. The zero-order valence-electron chi connectivity index (χ0n) is 16.6. The Labute approximate surface area is 184 Å². The Morgan fingerprint density at radius 1 is 1.24 bits per heavy atom. The summed E-state index contributed by atoms with van der Waals surface area (Å²) in [6, 6.07) is 5.87. The van der Waals surface area contributed by atoms with E-state index in [1.807, 2.05) is 0 Å². The van der Waals surface area contributed by atoms with Crippen LogP contribution in [0.4, 0.5) is 22.0 Å². The highest BCUT2D eigenvalue weighted by atomic mass is 19.4. The topological polar surface area (TPSA) is 95.3 Å². The van der Waals surface area contributed by atoms with Crippen LogP contribution in [0.5, 0.6) is 5.75 Å². The average Bonchev–Trinajstić information content (AvgIpc) is 2.74. The standard InChI is InChI=1S/C21H15F5N4O3/c22-20(23)12-30(17(20)9-27)18(31)11-29-19(32)16-7-8-28-10-14(16)4-1-13-2-5-15(6-3-13)33-21(24,25)26/h1-8,10,17H,11-12H2,(H,29,32)/b4-1+. The minimum Gasteiger partial charge on any atom is -0.406 e. The second-order valence-corrected chi connectivity index (χ2v) is 6.91. The molecule has 2 aromatic rings. The van der Waals surface area contributed by atoms with E-state index in [-0.39, 0.29) is 11.3 Å². The first kappa shape index (κ1) is 23.6. The second kappa shape index (κ2) is 9.23. The van der Waals surface area contributed by atoms with Crippen molar-refractivity contribution in [2.24, 2.45) is 0 Å². The lowest BCUT2D eigenvalue weighted by Gasteiger charge is -2.43. The monoisotopic (exact) mass is 466 g/mol. The molecule has 1 atom stereocenters. The van der Waals surface area contributed by atoms with Crippen LogP contribution >= 0.6 is 0 Å². The van der Waals surface area contributed by atoms with E-state index in [2.05, 4.69) is 15.0 Å². The Morgan fingerprint density at radius 3 is 2.55 bits per heavy atom. The van der Waals surface area contributed by atoms with Crippen LogP contribution in [0.15, 0.2) is 42.7 Å². The van der Waals surface area contributed by atoms with Crippen molar-refractivity contribution < 1.29 is 36.3 Å². The quantitative estimate of drug-likeness (QED) is 0.660. The van der Waals surface area contributed by atoms with Gasteiger partial charge in [0.2, 0.25) is 5.91 Å². The highest BCUT2D eigenvalue weighted by Gasteiger charge is 2.57. The van der Waals surface area contributed by atoms with Crippen LogP contribution in [-0.2, 0) is 4.79 Å². The summed E-state index contributed by atoms with van der Waals surface area (Å²) >= 11 is 0. The molecule has 172 valence electrons. The van der Waals surface area contributed by atoms with Crippen molar-refractivity contribution in [1.29, 1.82) is 5.26 Å². The van der Waals surface area contributed by atoms with E-state index in [0.717, 1.165) is 12.1 Å². The zero-order chi connectivity index (χ0) is 24.2. The van der Waals surface area contributed by atoms with E-state index < -0.39 is 43.2 Å². The summed E-state index contributed by atoms with van der Waals surface area (Å²) in [7, 11) is 0. The number of halogens is 5. The molecule has 3 rings (SSSR count). The van der Waals surface area contributed by atoms with Gasteiger partial charge in [-0.2, -0.15) is 5.26 Å². The number of benzene rings is 1. The molecule has 1 aromatic carbocycles.